The lowest BCUT2D eigenvalue weighted by Gasteiger charge is -2.30. The van der Waals surface area contributed by atoms with E-state index in [1.807, 2.05) is 24.9 Å². The van der Waals surface area contributed by atoms with E-state index in [0.29, 0.717) is 35.8 Å². The molecule has 31 heavy (non-hydrogen) atoms. The molecule has 2 fully saturated rings. The number of primary amides is 1. The van der Waals surface area contributed by atoms with Crippen molar-refractivity contribution in [3.8, 4) is 0 Å². The number of fused-ring (bicyclic) bond motifs is 2. The van der Waals surface area contributed by atoms with Crippen LogP contribution in [-0.2, 0) is 24.2 Å². The van der Waals surface area contributed by atoms with E-state index < -0.39 is 0 Å². The monoisotopic (exact) mass is 423 g/mol. The second-order valence-corrected chi connectivity index (χ2v) is 9.73. The van der Waals surface area contributed by atoms with E-state index >= 15 is 0 Å². The molecule has 1 aliphatic heterocycles. The van der Waals surface area contributed by atoms with Crippen molar-refractivity contribution in [2.75, 3.05) is 29.9 Å². The Balaban J connectivity index is 1.45. The van der Waals surface area contributed by atoms with Crippen LogP contribution < -0.4 is 15.5 Å². The SMILES string of the molecule is Cc1ccc(F)c(CN(C)c2nc3c(c(N4C[C@@H]5C(C(N)=O)[C@@H]5C4)n2)CCC(C)C3)c1. The van der Waals surface area contributed by atoms with Gasteiger partial charge in [-0.15, -0.1) is 0 Å². The molecule has 2 unspecified atom stereocenters. The summed E-state index contributed by atoms with van der Waals surface area (Å²) in [5, 5.41) is 0. The number of hydrogen-bond acceptors (Lipinski definition) is 5. The normalized spacial score (nSPS) is 26.4. The number of rotatable bonds is 5. The molecular formula is C24H30FN5O. The summed E-state index contributed by atoms with van der Waals surface area (Å²) >= 11 is 0. The van der Waals surface area contributed by atoms with Gasteiger partial charge in [0.25, 0.3) is 0 Å². The zero-order chi connectivity index (χ0) is 21.9. The van der Waals surface area contributed by atoms with Crippen molar-refractivity contribution in [2.45, 2.75) is 39.7 Å². The van der Waals surface area contributed by atoms with Gasteiger partial charge in [0.2, 0.25) is 11.9 Å². The molecule has 1 aromatic carbocycles. The number of aryl methyl sites for hydroxylation is 1. The molecule has 0 bridgehead atoms. The molecular weight excluding hydrogens is 393 g/mol. The molecule has 1 amide bonds. The van der Waals surface area contributed by atoms with Gasteiger partial charge in [0.1, 0.15) is 11.6 Å². The highest BCUT2D eigenvalue weighted by Gasteiger charge is 2.59. The van der Waals surface area contributed by atoms with Crippen LogP contribution in [-0.4, -0.2) is 36.0 Å². The fourth-order valence-corrected chi connectivity index (χ4v) is 5.46. The molecule has 2 aromatic rings. The van der Waals surface area contributed by atoms with Gasteiger partial charge in [-0.2, -0.15) is 4.98 Å². The Morgan fingerprint density at radius 3 is 2.74 bits per heavy atom. The minimum absolute atomic E-state index is 0.0281. The van der Waals surface area contributed by atoms with Crippen LogP contribution in [0.2, 0.25) is 0 Å². The number of piperidine rings is 1. The molecule has 2 N–H and O–H groups in total. The molecule has 3 aliphatic rings. The van der Waals surface area contributed by atoms with Crippen molar-refractivity contribution in [1.29, 1.82) is 0 Å². The molecule has 2 aliphatic carbocycles. The average molecular weight is 424 g/mol. The zero-order valence-corrected chi connectivity index (χ0v) is 18.4. The van der Waals surface area contributed by atoms with Crippen LogP contribution in [0.5, 0.6) is 0 Å². The minimum Gasteiger partial charge on any atom is -0.369 e. The Morgan fingerprint density at radius 1 is 1.29 bits per heavy atom. The number of amides is 1. The van der Waals surface area contributed by atoms with Crippen LogP contribution in [0.25, 0.3) is 0 Å². The number of nitrogens with two attached hydrogens (primary N) is 1. The first-order valence-corrected chi connectivity index (χ1v) is 11.2. The molecule has 1 aromatic heterocycles. The van der Waals surface area contributed by atoms with Crippen molar-refractivity contribution in [2.24, 2.45) is 29.4 Å². The quantitative estimate of drug-likeness (QED) is 0.800. The maximum absolute atomic E-state index is 14.3. The van der Waals surface area contributed by atoms with Gasteiger partial charge < -0.3 is 15.5 Å². The maximum Gasteiger partial charge on any atom is 0.227 e. The summed E-state index contributed by atoms with van der Waals surface area (Å²) in [7, 11) is 1.92. The molecule has 1 saturated carbocycles. The molecule has 164 valence electrons. The second kappa shape index (κ2) is 7.46. The van der Waals surface area contributed by atoms with Crippen molar-refractivity contribution in [3.05, 3.63) is 46.4 Å². The smallest absolute Gasteiger partial charge is 0.227 e. The average Bonchev–Trinajstić information content (AvgIpc) is 3.24. The molecule has 5 rings (SSSR count). The first-order valence-electron chi connectivity index (χ1n) is 11.2. The van der Waals surface area contributed by atoms with Crippen LogP contribution in [0.3, 0.4) is 0 Å². The van der Waals surface area contributed by atoms with E-state index in [4.69, 9.17) is 15.7 Å². The van der Waals surface area contributed by atoms with Crippen LogP contribution in [0.15, 0.2) is 18.2 Å². The molecule has 1 saturated heterocycles. The molecule has 0 radical (unpaired) electrons. The molecule has 7 heteroatoms. The van der Waals surface area contributed by atoms with Crippen molar-refractivity contribution < 1.29 is 9.18 Å². The van der Waals surface area contributed by atoms with E-state index in [1.165, 1.54) is 11.6 Å². The minimum atomic E-state index is -0.207. The summed E-state index contributed by atoms with van der Waals surface area (Å²) in [4.78, 5) is 25.7. The topological polar surface area (TPSA) is 75.3 Å². The van der Waals surface area contributed by atoms with Gasteiger partial charge in [0.05, 0.1) is 5.69 Å². The molecule has 0 spiro atoms. The van der Waals surface area contributed by atoms with Crippen molar-refractivity contribution in [1.82, 2.24) is 9.97 Å². The number of halogens is 1. The van der Waals surface area contributed by atoms with E-state index in [-0.39, 0.29) is 17.6 Å². The Hall–Kier alpha value is -2.70. The number of hydrogen-bond donors (Lipinski definition) is 1. The van der Waals surface area contributed by atoms with Crippen molar-refractivity contribution >= 4 is 17.7 Å². The number of aromatic nitrogens is 2. The number of anilines is 2. The predicted molar refractivity (Wildman–Crippen MR) is 118 cm³/mol. The fraction of sp³-hybridized carbons (Fsp3) is 0.542. The third-order valence-corrected chi connectivity index (χ3v) is 7.26. The number of benzene rings is 1. The largest absolute Gasteiger partial charge is 0.369 e. The zero-order valence-electron chi connectivity index (χ0n) is 18.4. The summed E-state index contributed by atoms with van der Waals surface area (Å²) in [5.74, 6) is 2.58. The summed E-state index contributed by atoms with van der Waals surface area (Å²) in [6, 6.07) is 5.18. The first-order chi connectivity index (χ1) is 14.8. The fourth-order valence-electron chi connectivity index (χ4n) is 5.46. The van der Waals surface area contributed by atoms with Crippen LogP contribution >= 0.6 is 0 Å². The van der Waals surface area contributed by atoms with Gasteiger partial charge in [-0.05, 0) is 50.0 Å². The van der Waals surface area contributed by atoms with E-state index in [2.05, 4.69) is 11.8 Å². The number of carbonyl (C=O) groups excluding carboxylic acids is 1. The lowest BCUT2D eigenvalue weighted by molar-refractivity contribution is -0.119. The van der Waals surface area contributed by atoms with Crippen molar-refractivity contribution in [3.63, 3.8) is 0 Å². The molecule has 2 heterocycles. The lowest BCUT2D eigenvalue weighted by Crippen LogP contribution is -2.32. The van der Waals surface area contributed by atoms with Crippen LogP contribution in [0.4, 0.5) is 16.2 Å². The standard InChI is InChI=1S/C24H30FN5O/c1-13-5-7-19(25)15(8-13)10-29(3)24-27-20-9-14(2)4-6-16(20)23(28-24)30-11-17-18(12-30)21(17)22(26)31/h5,7-8,14,17-18,21H,4,6,9-12H2,1-3H3,(H2,26,31)/t14?,17-,18+,21?. The van der Waals surface area contributed by atoms with Gasteiger partial charge in [-0.3, -0.25) is 4.79 Å². The lowest BCUT2D eigenvalue weighted by atomic mass is 9.88. The summed E-state index contributed by atoms with van der Waals surface area (Å²) in [6.07, 6.45) is 3.06. The van der Waals surface area contributed by atoms with Gasteiger partial charge in [-0.25, -0.2) is 9.37 Å². The third-order valence-electron chi connectivity index (χ3n) is 7.26. The third kappa shape index (κ3) is 3.64. The van der Waals surface area contributed by atoms with E-state index in [9.17, 15) is 9.18 Å². The summed E-state index contributed by atoms with van der Waals surface area (Å²) in [5.41, 5.74) is 9.57. The summed E-state index contributed by atoms with van der Waals surface area (Å²) in [6.45, 7) is 6.30. The highest BCUT2D eigenvalue weighted by atomic mass is 19.1. The highest BCUT2D eigenvalue weighted by molar-refractivity contribution is 5.81. The van der Waals surface area contributed by atoms with Crippen LogP contribution in [0.1, 0.15) is 35.7 Å². The van der Waals surface area contributed by atoms with Crippen LogP contribution in [0, 0.1) is 36.4 Å². The van der Waals surface area contributed by atoms with Gasteiger partial charge in [0.15, 0.2) is 0 Å². The first kappa shape index (κ1) is 20.2. The second-order valence-electron chi connectivity index (χ2n) is 9.73. The Bertz CT molecular complexity index is 1030. The highest BCUT2D eigenvalue weighted by Crippen LogP contribution is 2.52. The Labute approximate surface area is 182 Å². The molecule has 4 atom stereocenters. The Kier molecular flexibility index (Phi) is 4.87. The van der Waals surface area contributed by atoms with Gasteiger partial charge in [0, 0.05) is 43.7 Å². The predicted octanol–water partition coefficient (Wildman–Crippen LogP) is 2.85. The van der Waals surface area contributed by atoms with E-state index in [1.54, 1.807) is 6.07 Å². The van der Waals surface area contributed by atoms with Gasteiger partial charge in [-0.1, -0.05) is 24.6 Å². The number of nitrogens with zero attached hydrogens (tertiary/aromatic N) is 4. The number of carbonyl (C=O) groups is 1. The maximum atomic E-state index is 14.3. The van der Waals surface area contributed by atoms with Gasteiger partial charge >= 0.3 is 0 Å². The molecule has 6 nitrogen and oxygen atoms in total. The van der Waals surface area contributed by atoms with E-state index in [0.717, 1.165) is 49.4 Å². The Morgan fingerprint density at radius 2 is 2.03 bits per heavy atom. The summed E-state index contributed by atoms with van der Waals surface area (Å²) < 4.78 is 14.3.